The molecule has 0 heterocycles. The molecule has 3 aromatic rings. The summed E-state index contributed by atoms with van der Waals surface area (Å²) in [5, 5.41) is 0. The number of ether oxygens (including phenoxy) is 2. The first-order valence-corrected chi connectivity index (χ1v) is 11.5. The number of hydrogen-bond acceptors (Lipinski definition) is 8. The molecular weight excluding hydrogens is 510 g/mol. The summed E-state index contributed by atoms with van der Waals surface area (Å²) >= 11 is 0. The normalized spacial score (nSPS) is 10.9. The van der Waals surface area contributed by atoms with Crippen molar-refractivity contribution in [2.45, 2.75) is 9.79 Å². The Morgan fingerprint density at radius 3 is 1.50 bits per heavy atom. The minimum absolute atomic E-state index is 0. The van der Waals surface area contributed by atoms with Crippen LogP contribution in [-0.2, 0) is 20.2 Å². The van der Waals surface area contributed by atoms with E-state index in [0.29, 0.717) is 12.1 Å². The molecule has 0 aliphatic rings. The molecule has 0 fully saturated rings. The number of rotatable bonds is 6. The quantitative estimate of drug-likeness (QED) is 0.207. The number of carbonyl (C=O) groups excluding carboxylic acids is 2. The summed E-state index contributed by atoms with van der Waals surface area (Å²) in [6.07, 6.45) is 0. The van der Waals surface area contributed by atoms with Gasteiger partial charge in [0.1, 0.15) is 4.90 Å². The van der Waals surface area contributed by atoms with E-state index in [1.807, 2.05) is 0 Å². The molecular formula is C20H16Na2O10S2. The monoisotopic (exact) mass is 526 g/mol. The Bertz CT molecular complexity index is 1390. The minimum atomic E-state index is -5.21. The third-order valence-corrected chi connectivity index (χ3v) is 5.68. The van der Waals surface area contributed by atoms with Gasteiger partial charge in [-0.1, -0.05) is 36.4 Å². The van der Waals surface area contributed by atoms with Crippen molar-refractivity contribution in [1.29, 1.82) is 0 Å². The second kappa shape index (κ2) is 12.4. The van der Waals surface area contributed by atoms with Crippen LogP contribution >= 0.6 is 0 Å². The van der Waals surface area contributed by atoms with E-state index in [1.54, 1.807) is 12.1 Å². The fourth-order valence-corrected chi connectivity index (χ4v) is 3.78. The number of esters is 2. The van der Waals surface area contributed by atoms with Gasteiger partial charge >= 0.3 is 71.1 Å². The van der Waals surface area contributed by atoms with Gasteiger partial charge in [-0.15, -0.1) is 0 Å². The molecule has 2 N–H and O–H groups in total. The molecule has 0 saturated carbocycles. The first-order chi connectivity index (χ1) is 15.0. The number of hydrogen-bond donors (Lipinski definition) is 2. The summed E-state index contributed by atoms with van der Waals surface area (Å²) in [5.74, 6) is -3.94. The third kappa shape index (κ3) is 7.71. The zero-order chi connectivity index (χ0) is 23.5. The predicted molar refractivity (Wildman–Crippen MR) is 123 cm³/mol. The van der Waals surface area contributed by atoms with Crippen molar-refractivity contribution in [3.63, 3.8) is 0 Å². The SMILES string of the molecule is O=C(Oc1cc(S(=O)(=O)O)cc(S(=O)(=O)O)c1OC(=O)c1ccccc1)c1ccccc1.[NaH].[NaH]. The first kappa shape index (κ1) is 30.5. The van der Waals surface area contributed by atoms with E-state index in [-0.39, 0.29) is 70.2 Å². The molecule has 0 atom stereocenters. The Balaban J connectivity index is 0.00000289. The van der Waals surface area contributed by atoms with Crippen molar-refractivity contribution >= 4 is 91.3 Å². The maximum absolute atomic E-state index is 12.5. The van der Waals surface area contributed by atoms with E-state index in [2.05, 4.69) is 0 Å². The molecule has 0 unspecified atom stereocenters. The second-order valence-corrected chi connectivity index (χ2v) is 9.02. The van der Waals surface area contributed by atoms with Crippen molar-refractivity contribution in [3.05, 3.63) is 83.9 Å². The Kier molecular flexibility index (Phi) is 11.1. The standard InChI is InChI=1S/C20H14O10S2.2Na.2H/c21-19(13-7-3-1-4-8-13)29-16-11-15(31(23,24)25)12-17(32(26,27)28)18(16)30-20(22)14-9-5-2-6-10-14;;;;/h1-12H,(H,23,24,25)(H,26,27,28);;;;. The third-order valence-electron chi connectivity index (χ3n) is 3.99. The van der Waals surface area contributed by atoms with Gasteiger partial charge in [-0.2, -0.15) is 16.8 Å². The van der Waals surface area contributed by atoms with Crippen LogP contribution in [0.1, 0.15) is 20.7 Å². The van der Waals surface area contributed by atoms with Crippen LogP contribution in [0.5, 0.6) is 11.5 Å². The van der Waals surface area contributed by atoms with Crippen LogP contribution in [0.3, 0.4) is 0 Å². The van der Waals surface area contributed by atoms with Crippen molar-refractivity contribution in [2.24, 2.45) is 0 Å². The van der Waals surface area contributed by atoms with E-state index in [1.165, 1.54) is 48.5 Å². The van der Waals surface area contributed by atoms with Crippen LogP contribution in [-0.4, -0.2) is 97.0 Å². The molecule has 0 aliphatic heterocycles. The van der Waals surface area contributed by atoms with E-state index in [0.717, 1.165) is 0 Å². The van der Waals surface area contributed by atoms with Crippen LogP contribution in [0.4, 0.5) is 0 Å². The number of carbonyl (C=O) groups is 2. The van der Waals surface area contributed by atoms with Gasteiger partial charge in [0.2, 0.25) is 0 Å². The molecule has 3 aromatic carbocycles. The molecule has 0 radical (unpaired) electrons. The molecule has 0 aliphatic carbocycles. The molecule has 0 saturated heterocycles. The van der Waals surface area contributed by atoms with Gasteiger partial charge in [0, 0.05) is 6.07 Å². The summed E-state index contributed by atoms with van der Waals surface area (Å²) in [6, 6.07) is 15.6. The summed E-state index contributed by atoms with van der Waals surface area (Å²) in [5.41, 5.74) is -0.0218. The Labute approximate surface area is 239 Å². The van der Waals surface area contributed by atoms with Crippen LogP contribution in [0.25, 0.3) is 0 Å². The second-order valence-electron chi connectivity index (χ2n) is 6.21. The van der Waals surface area contributed by atoms with Crippen LogP contribution in [0, 0.1) is 0 Å². The zero-order valence-electron chi connectivity index (χ0n) is 15.9. The molecule has 14 heteroatoms. The average Bonchev–Trinajstić information content (AvgIpc) is 2.74. The zero-order valence-corrected chi connectivity index (χ0v) is 17.5. The Morgan fingerprint density at radius 2 is 1.09 bits per heavy atom. The van der Waals surface area contributed by atoms with E-state index < -0.39 is 53.5 Å². The molecule has 0 spiro atoms. The Morgan fingerprint density at radius 1 is 0.647 bits per heavy atom. The molecule has 0 bridgehead atoms. The van der Waals surface area contributed by atoms with Crippen LogP contribution < -0.4 is 9.47 Å². The molecule has 170 valence electrons. The molecule has 10 nitrogen and oxygen atoms in total. The molecule has 0 aromatic heterocycles. The summed E-state index contributed by atoms with van der Waals surface area (Å²) in [4.78, 5) is 22.7. The van der Waals surface area contributed by atoms with Crippen LogP contribution in [0.15, 0.2) is 82.6 Å². The van der Waals surface area contributed by atoms with E-state index in [9.17, 15) is 35.5 Å². The fourth-order valence-electron chi connectivity index (χ4n) is 2.53. The summed E-state index contributed by atoms with van der Waals surface area (Å²) in [7, 11) is -10.2. The van der Waals surface area contributed by atoms with Crippen molar-refractivity contribution in [1.82, 2.24) is 0 Å². The van der Waals surface area contributed by atoms with Crippen molar-refractivity contribution in [2.75, 3.05) is 0 Å². The Hall–Kier alpha value is -1.58. The number of benzene rings is 3. The van der Waals surface area contributed by atoms with Gasteiger partial charge in [-0.25, -0.2) is 9.59 Å². The van der Waals surface area contributed by atoms with E-state index >= 15 is 0 Å². The topological polar surface area (TPSA) is 161 Å². The van der Waals surface area contributed by atoms with E-state index in [4.69, 9.17) is 9.47 Å². The molecule has 0 amide bonds. The maximum atomic E-state index is 12.5. The van der Waals surface area contributed by atoms with Crippen LogP contribution in [0.2, 0.25) is 0 Å². The van der Waals surface area contributed by atoms with Crippen molar-refractivity contribution in [3.8, 4) is 11.5 Å². The van der Waals surface area contributed by atoms with Gasteiger partial charge in [-0.05, 0) is 30.3 Å². The fraction of sp³-hybridized carbons (Fsp3) is 0. The van der Waals surface area contributed by atoms with Gasteiger partial charge in [0.15, 0.2) is 11.5 Å². The predicted octanol–water partition coefficient (Wildman–Crippen LogP) is 1.32. The summed E-state index contributed by atoms with van der Waals surface area (Å²) < 4.78 is 76.1. The van der Waals surface area contributed by atoms with Gasteiger partial charge in [-0.3, -0.25) is 9.11 Å². The first-order valence-electron chi connectivity index (χ1n) is 8.64. The van der Waals surface area contributed by atoms with Gasteiger partial charge < -0.3 is 9.47 Å². The average molecular weight is 526 g/mol. The van der Waals surface area contributed by atoms with Gasteiger partial charge in [0.05, 0.1) is 16.0 Å². The van der Waals surface area contributed by atoms with Gasteiger partial charge in [0.25, 0.3) is 20.2 Å². The van der Waals surface area contributed by atoms with Crippen molar-refractivity contribution < 1.29 is 45.0 Å². The summed E-state index contributed by atoms with van der Waals surface area (Å²) in [6.45, 7) is 0. The molecule has 34 heavy (non-hydrogen) atoms. The molecule has 3 rings (SSSR count).